The molecule has 2 rings (SSSR count). The summed E-state index contributed by atoms with van der Waals surface area (Å²) in [5.41, 5.74) is 1.87. The van der Waals surface area contributed by atoms with Crippen LogP contribution in [0, 0.1) is 13.8 Å². The van der Waals surface area contributed by atoms with Crippen molar-refractivity contribution in [2.75, 3.05) is 0 Å². The van der Waals surface area contributed by atoms with Crippen LogP contribution in [0.3, 0.4) is 0 Å². The molecule has 0 radical (unpaired) electrons. The number of nitrogens with zero attached hydrogens (tertiary/aromatic N) is 3. The number of rotatable bonds is 3. The van der Waals surface area contributed by atoms with Crippen molar-refractivity contribution in [1.29, 1.82) is 0 Å². The number of aryl methyl sites for hydroxylation is 3. The van der Waals surface area contributed by atoms with Gasteiger partial charge in [0.15, 0.2) is 5.43 Å². The lowest BCUT2D eigenvalue weighted by Crippen LogP contribution is -2.19. The van der Waals surface area contributed by atoms with Gasteiger partial charge in [0.05, 0.1) is 17.9 Å². The largest absolute Gasteiger partial charge is 0.477 e. The molecule has 2 aromatic heterocycles. The van der Waals surface area contributed by atoms with Crippen molar-refractivity contribution in [3.8, 4) is 0 Å². The van der Waals surface area contributed by atoms with E-state index in [0.29, 0.717) is 12.2 Å². The zero-order chi connectivity index (χ0) is 14.2. The number of carboxylic acid groups (broad SMARTS) is 1. The Bertz CT molecular complexity index is 698. The molecule has 0 saturated heterocycles. The van der Waals surface area contributed by atoms with Crippen molar-refractivity contribution in [3.63, 3.8) is 0 Å². The van der Waals surface area contributed by atoms with Crippen molar-refractivity contribution in [2.45, 2.75) is 20.4 Å². The van der Waals surface area contributed by atoms with Gasteiger partial charge < -0.3 is 9.67 Å². The van der Waals surface area contributed by atoms with Crippen LogP contribution in [0.15, 0.2) is 23.1 Å². The van der Waals surface area contributed by atoms with E-state index in [2.05, 4.69) is 5.10 Å². The Balaban J connectivity index is 2.45. The molecular formula is C13H15N3O3. The number of hydrogen-bond donors (Lipinski definition) is 1. The summed E-state index contributed by atoms with van der Waals surface area (Å²) >= 11 is 0. The minimum Gasteiger partial charge on any atom is -0.477 e. The Kier molecular flexibility index (Phi) is 3.25. The molecule has 0 amide bonds. The minimum absolute atomic E-state index is 0.218. The predicted octanol–water partition coefficient (Wildman–Crippen LogP) is 0.945. The molecule has 0 aliphatic rings. The topological polar surface area (TPSA) is 77.1 Å². The van der Waals surface area contributed by atoms with Crippen LogP contribution < -0.4 is 5.43 Å². The number of aromatic nitrogens is 3. The third-order valence-corrected chi connectivity index (χ3v) is 3.01. The average Bonchev–Trinajstić information content (AvgIpc) is 2.60. The highest BCUT2D eigenvalue weighted by Gasteiger charge is 2.12. The lowest BCUT2D eigenvalue weighted by Gasteiger charge is -2.11. The molecule has 2 heterocycles. The van der Waals surface area contributed by atoms with Gasteiger partial charge in [0, 0.05) is 25.0 Å². The van der Waals surface area contributed by atoms with Crippen LogP contribution in [-0.4, -0.2) is 25.4 Å². The van der Waals surface area contributed by atoms with Crippen LogP contribution in [-0.2, 0) is 13.6 Å². The molecule has 0 spiro atoms. The second-order valence-corrected chi connectivity index (χ2v) is 4.53. The molecule has 0 saturated carbocycles. The quantitative estimate of drug-likeness (QED) is 0.892. The van der Waals surface area contributed by atoms with Crippen LogP contribution in [0.1, 0.15) is 27.4 Å². The van der Waals surface area contributed by atoms with Gasteiger partial charge in [0.2, 0.25) is 0 Å². The molecule has 0 fully saturated rings. The maximum absolute atomic E-state index is 11.5. The van der Waals surface area contributed by atoms with E-state index in [1.807, 2.05) is 20.0 Å². The van der Waals surface area contributed by atoms with Gasteiger partial charge in [-0.3, -0.25) is 9.48 Å². The van der Waals surface area contributed by atoms with Crippen LogP contribution in [0.4, 0.5) is 0 Å². The highest BCUT2D eigenvalue weighted by molar-refractivity contribution is 5.87. The van der Waals surface area contributed by atoms with Crippen LogP contribution >= 0.6 is 0 Å². The fourth-order valence-corrected chi connectivity index (χ4v) is 1.99. The third-order valence-electron chi connectivity index (χ3n) is 3.01. The fourth-order valence-electron chi connectivity index (χ4n) is 1.99. The number of hydrogen-bond acceptors (Lipinski definition) is 3. The molecule has 19 heavy (non-hydrogen) atoms. The van der Waals surface area contributed by atoms with Gasteiger partial charge in [0.25, 0.3) is 0 Å². The first-order valence-corrected chi connectivity index (χ1v) is 5.82. The van der Waals surface area contributed by atoms with Gasteiger partial charge in [-0.15, -0.1) is 0 Å². The summed E-state index contributed by atoms with van der Waals surface area (Å²) in [5.74, 6) is -1.21. The minimum atomic E-state index is -1.21. The fraction of sp³-hybridized carbons (Fsp3) is 0.308. The van der Waals surface area contributed by atoms with Gasteiger partial charge >= 0.3 is 5.97 Å². The SMILES string of the molecule is Cc1cc(Cn2cc(C(=O)O)c(=O)cc2C)n(C)n1. The Morgan fingerprint density at radius 2 is 2.05 bits per heavy atom. The van der Waals surface area contributed by atoms with Crippen LogP contribution in [0.5, 0.6) is 0 Å². The summed E-state index contributed by atoms with van der Waals surface area (Å²) in [6.07, 6.45) is 1.38. The van der Waals surface area contributed by atoms with E-state index in [-0.39, 0.29) is 5.56 Å². The zero-order valence-electron chi connectivity index (χ0n) is 11.0. The Morgan fingerprint density at radius 3 is 2.58 bits per heavy atom. The summed E-state index contributed by atoms with van der Waals surface area (Å²) in [4.78, 5) is 22.5. The summed E-state index contributed by atoms with van der Waals surface area (Å²) in [6.45, 7) is 4.14. The zero-order valence-corrected chi connectivity index (χ0v) is 11.0. The van der Waals surface area contributed by atoms with E-state index in [1.54, 1.807) is 16.2 Å². The summed E-state index contributed by atoms with van der Waals surface area (Å²) < 4.78 is 3.48. The van der Waals surface area contributed by atoms with E-state index in [4.69, 9.17) is 5.11 Å². The molecule has 100 valence electrons. The van der Waals surface area contributed by atoms with Gasteiger partial charge in [-0.05, 0) is 19.9 Å². The Labute approximate surface area is 109 Å². The van der Waals surface area contributed by atoms with E-state index >= 15 is 0 Å². The maximum atomic E-state index is 11.5. The lowest BCUT2D eigenvalue weighted by atomic mass is 10.2. The summed E-state index contributed by atoms with van der Waals surface area (Å²) in [5, 5.41) is 13.2. The van der Waals surface area contributed by atoms with Crippen molar-refractivity contribution < 1.29 is 9.90 Å². The second-order valence-electron chi connectivity index (χ2n) is 4.53. The lowest BCUT2D eigenvalue weighted by molar-refractivity contribution is 0.0694. The highest BCUT2D eigenvalue weighted by atomic mass is 16.4. The van der Waals surface area contributed by atoms with Crippen LogP contribution in [0.2, 0.25) is 0 Å². The summed E-state index contributed by atoms with van der Waals surface area (Å²) in [7, 11) is 1.83. The predicted molar refractivity (Wildman–Crippen MR) is 69.4 cm³/mol. The number of pyridine rings is 1. The average molecular weight is 261 g/mol. The van der Waals surface area contributed by atoms with Crippen molar-refractivity contribution in [2.24, 2.45) is 7.05 Å². The first kappa shape index (κ1) is 13.1. The smallest absolute Gasteiger partial charge is 0.341 e. The van der Waals surface area contributed by atoms with Gasteiger partial charge in [0.1, 0.15) is 5.56 Å². The molecule has 0 atom stereocenters. The standard InChI is InChI=1S/C13H15N3O3/c1-8-4-10(15(3)14-8)6-16-7-11(13(18)19)12(17)5-9(16)2/h4-5,7H,6H2,1-3H3,(H,18,19). The molecular weight excluding hydrogens is 246 g/mol. The van der Waals surface area contributed by atoms with Gasteiger partial charge in [-0.2, -0.15) is 5.10 Å². The van der Waals surface area contributed by atoms with Crippen molar-refractivity contribution in [3.05, 3.63) is 51.2 Å². The van der Waals surface area contributed by atoms with Crippen molar-refractivity contribution in [1.82, 2.24) is 14.3 Å². The summed E-state index contributed by atoms with van der Waals surface area (Å²) in [6, 6.07) is 3.27. The molecule has 6 nitrogen and oxygen atoms in total. The molecule has 6 heteroatoms. The number of carboxylic acids is 1. The van der Waals surface area contributed by atoms with E-state index < -0.39 is 11.4 Å². The molecule has 0 bridgehead atoms. The van der Waals surface area contributed by atoms with E-state index in [0.717, 1.165) is 11.4 Å². The molecule has 2 aromatic rings. The maximum Gasteiger partial charge on any atom is 0.341 e. The van der Waals surface area contributed by atoms with Crippen LogP contribution in [0.25, 0.3) is 0 Å². The normalized spacial score (nSPS) is 10.7. The third kappa shape index (κ3) is 2.57. The molecule has 0 aliphatic carbocycles. The Hall–Kier alpha value is -2.37. The van der Waals surface area contributed by atoms with E-state index in [1.165, 1.54) is 12.3 Å². The molecule has 0 unspecified atom stereocenters. The number of aromatic carboxylic acids is 1. The molecule has 0 aliphatic heterocycles. The van der Waals surface area contributed by atoms with Gasteiger partial charge in [-0.25, -0.2) is 4.79 Å². The van der Waals surface area contributed by atoms with Gasteiger partial charge in [-0.1, -0.05) is 0 Å². The first-order valence-electron chi connectivity index (χ1n) is 5.82. The monoisotopic (exact) mass is 261 g/mol. The Morgan fingerprint density at radius 1 is 1.37 bits per heavy atom. The second kappa shape index (κ2) is 4.72. The highest BCUT2D eigenvalue weighted by Crippen LogP contribution is 2.07. The first-order chi connectivity index (χ1) is 8.88. The van der Waals surface area contributed by atoms with E-state index in [9.17, 15) is 9.59 Å². The van der Waals surface area contributed by atoms with Crippen molar-refractivity contribution >= 4 is 5.97 Å². The molecule has 0 aromatic carbocycles. The number of carbonyl (C=O) groups is 1. The molecule has 1 N–H and O–H groups in total.